The Kier molecular flexibility index (Phi) is 5.68. The summed E-state index contributed by atoms with van der Waals surface area (Å²) >= 11 is 0. The van der Waals surface area contributed by atoms with Crippen LogP contribution in [0, 0.1) is 19.8 Å². The normalized spacial score (nSPS) is 10.7. The van der Waals surface area contributed by atoms with E-state index in [4.69, 9.17) is 0 Å². The number of nitrogens with zero attached hydrogens (tertiary/aromatic N) is 2. The van der Waals surface area contributed by atoms with Crippen molar-refractivity contribution in [3.8, 4) is 0 Å². The second kappa shape index (κ2) is 7.72. The van der Waals surface area contributed by atoms with E-state index in [1.807, 2.05) is 31.2 Å². The molecule has 5 heteroatoms. The molecule has 2 rings (SSSR count). The lowest BCUT2D eigenvalue weighted by atomic mass is 10.1. The fourth-order valence-electron chi connectivity index (χ4n) is 2.16. The molecule has 1 heterocycles. The van der Waals surface area contributed by atoms with Crippen LogP contribution in [0.5, 0.6) is 0 Å². The number of carbonyl (C=O) groups excluding carboxylic acids is 1. The summed E-state index contributed by atoms with van der Waals surface area (Å²) in [5, 5.41) is 6.15. The number of amides is 1. The smallest absolute Gasteiger partial charge is 0.270 e. The van der Waals surface area contributed by atoms with E-state index in [0.717, 1.165) is 17.7 Å². The van der Waals surface area contributed by atoms with Gasteiger partial charge in [0.2, 0.25) is 0 Å². The Bertz CT molecular complexity index is 682. The number of benzene rings is 1. The van der Waals surface area contributed by atoms with E-state index in [2.05, 4.69) is 34.4 Å². The molecule has 0 bridgehead atoms. The molecule has 1 aromatic heterocycles. The van der Waals surface area contributed by atoms with E-state index in [9.17, 15) is 4.79 Å². The Morgan fingerprint density at radius 1 is 1.17 bits per heavy atom. The highest BCUT2D eigenvalue weighted by Crippen LogP contribution is 2.09. The van der Waals surface area contributed by atoms with Crippen molar-refractivity contribution in [3.63, 3.8) is 0 Å². The van der Waals surface area contributed by atoms with Gasteiger partial charge in [-0.25, -0.2) is 9.97 Å². The summed E-state index contributed by atoms with van der Waals surface area (Å²) in [6.45, 7) is 9.36. The Balaban J connectivity index is 2.05. The largest absolute Gasteiger partial charge is 0.370 e. The van der Waals surface area contributed by atoms with Crippen molar-refractivity contribution >= 4 is 11.7 Å². The highest BCUT2D eigenvalue weighted by Gasteiger charge is 2.11. The van der Waals surface area contributed by atoms with Crippen LogP contribution < -0.4 is 10.6 Å². The summed E-state index contributed by atoms with van der Waals surface area (Å²) in [7, 11) is 0. The number of aromatic nitrogens is 2. The minimum absolute atomic E-state index is 0.189. The van der Waals surface area contributed by atoms with Gasteiger partial charge in [-0.2, -0.15) is 0 Å². The third-order valence-corrected chi connectivity index (χ3v) is 3.46. The summed E-state index contributed by atoms with van der Waals surface area (Å²) in [4.78, 5) is 20.9. The Morgan fingerprint density at radius 3 is 2.61 bits per heavy atom. The highest BCUT2D eigenvalue weighted by molar-refractivity contribution is 5.92. The van der Waals surface area contributed by atoms with Crippen molar-refractivity contribution < 1.29 is 4.79 Å². The molecule has 0 fully saturated rings. The van der Waals surface area contributed by atoms with Crippen LogP contribution in [0.4, 0.5) is 5.82 Å². The van der Waals surface area contributed by atoms with E-state index in [1.165, 1.54) is 0 Å². The van der Waals surface area contributed by atoms with Crippen LogP contribution >= 0.6 is 0 Å². The minimum Gasteiger partial charge on any atom is -0.370 e. The Hall–Kier alpha value is -2.43. The van der Waals surface area contributed by atoms with E-state index < -0.39 is 0 Å². The Labute approximate surface area is 137 Å². The first-order valence-corrected chi connectivity index (χ1v) is 7.88. The first-order valence-electron chi connectivity index (χ1n) is 7.88. The summed E-state index contributed by atoms with van der Waals surface area (Å²) < 4.78 is 0. The van der Waals surface area contributed by atoms with Gasteiger partial charge in [-0.3, -0.25) is 4.79 Å². The maximum absolute atomic E-state index is 12.3. The zero-order valence-electron chi connectivity index (χ0n) is 14.2. The predicted molar refractivity (Wildman–Crippen MR) is 92.4 cm³/mol. The maximum atomic E-state index is 12.3. The molecule has 0 unspecified atom stereocenters. The average molecular weight is 312 g/mol. The van der Waals surface area contributed by atoms with Crippen molar-refractivity contribution in [1.82, 2.24) is 15.3 Å². The van der Waals surface area contributed by atoms with E-state index >= 15 is 0 Å². The second-order valence-electron chi connectivity index (χ2n) is 6.07. The summed E-state index contributed by atoms with van der Waals surface area (Å²) in [6.07, 6.45) is 0. The van der Waals surface area contributed by atoms with Gasteiger partial charge in [-0.1, -0.05) is 38.1 Å². The topological polar surface area (TPSA) is 66.9 Å². The van der Waals surface area contributed by atoms with Crippen molar-refractivity contribution in [2.75, 3.05) is 11.9 Å². The van der Waals surface area contributed by atoms with Crippen molar-refractivity contribution in [1.29, 1.82) is 0 Å². The maximum Gasteiger partial charge on any atom is 0.270 e. The first-order chi connectivity index (χ1) is 11.0. The molecule has 0 spiro atoms. The van der Waals surface area contributed by atoms with Crippen molar-refractivity contribution in [2.45, 2.75) is 34.2 Å². The van der Waals surface area contributed by atoms with Crippen LogP contribution in [0.25, 0.3) is 0 Å². The van der Waals surface area contributed by atoms with Gasteiger partial charge in [-0.05, 0) is 30.9 Å². The fraction of sp³-hybridized carbons (Fsp3) is 0.389. The summed E-state index contributed by atoms with van der Waals surface area (Å²) in [5.74, 6) is 1.59. The van der Waals surface area contributed by atoms with E-state index in [0.29, 0.717) is 29.8 Å². The third kappa shape index (κ3) is 5.06. The minimum atomic E-state index is -0.189. The standard InChI is InChI=1S/C18H24N4O/c1-12(2)10-19-17-9-16(21-14(4)22-17)18(23)20-11-15-8-6-5-7-13(15)3/h5-9,12H,10-11H2,1-4H3,(H,20,23)(H,19,21,22). The van der Waals surface area contributed by atoms with Crippen LogP contribution in [0.2, 0.25) is 0 Å². The SMILES string of the molecule is Cc1nc(NCC(C)C)cc(C(=O)NCc2ccccc2C)n1. The number of carbonyl (C=O) groups is 1. The monoisotopic (exact) mass is 312 g/mol. The van der Waals surface area contributed by atoms with E-state index in [-0.39, 0.29) is 5.91 Å². The van der Waals surface area contributed by atoms with Gasteiger partial charge >= 0.3 is 0 Å². The predicted octanol–water partition coefficient (Wildman–Crippen LogP) is 3.09. The molecule has 23 heavy (non-hydrogen) atoms. The molecule has 0 aliphatic rings. The molecule has 0 atom stereocenters. The van der Waals surface area contributed by atoms with Gasteiger partial charge in [-0.15, -0.1) is 0 Å². The molecule has 5 nitrogen and oxygen atoms in total. The van der Waals surface area contributed by atoms with Crippen LogP contribution in [0.3, 0.4) is 0 Å². The van der Waals surface area contributed by atoms with Gasteiger partial charge < -0.3 is 10.6 Å². The summed E-state index contributed by atoms with van der Waals surface area (Å²) in [6, 6.07) is 9.70. The van der Waals surface area contributed by atoms with Gasteiger partial charge in [0, 0.05) is 19.2 Å². The average Bonchev–Trinajstić information content (AvgIpc) is 2.51. The Morgan fingerprint density at radius 2 is 1.91 bits per heavy atom. The van der Waals surface area contributed by atoms with Gasteiger partial charge in [0.1, 0.15) is 17.3 Å². The fourth-order valence-corrected chi connectivity index (χ4v) is 2.16. The molecule has 2 aromatic rings. The zero-order chi connectivity index (χ0) is 16.8. The third-order valence-electron chi connectivity index (χ3n) is 3.46. The van der Waals surface area contributed by atoms with Crippen molar-refractivity contribution in [2.24, 2.45) is 5.92 Å². The highest BCUT2D eigenvalue weighted by atomic mass is 16.1. The molecule has 0 saturated heterocycles. The van der Waals surface area contributed by atoms with Crippen LogP contribution in [-0.4, -0.2) is 22.4 Å². The molecule has 122 valence electrons. The molecule has 0 aliphatic carbocycles. The number of anilines is 1. The lowest BCUT2D eigenvalue weighted by Gasteiger charge is -2.11. The van der Waals surface area contributed by atoms with Crippen LogP contribution in [0.15, 0.2) is 30.3 Å². The molecular weight excluding hydrogens is 288 g/mol. The molecule has 1 amide bonds. The van der Waals surface area contributed by atoms with Crippen LogP contribution in [-0.2, 0) is 6.54 Å². The van der Waals surface area contributed by atoms with Gasteiger partial charge in [0.25, 0.3) is 5.91 Å². The lowest BCUT2D eigenvalue weighted by molar-refractivity contribution is 0.0945. The second-order valence-corrected chi connectivity index (χ2v) is 6.07. The summed E-state index contributed by atoms with van der Waals surface area (Å²) in [5.41, 5.74) is 2.65. The first kappa shape index (κ1) is 16.9. The lowest BCUT2D eigenvalue weighted by Crippen LogP contribution is -2.25. The quantitative estimate of drug-likeness (QED) is 0.860. The van der Waals surface area contributed by atoms with Gasteiger partial charge in [0.15, 0.2) is 0 Å². The van der Waals surface area contributed by atoms with Crippen LogP contribution in [0.1, 0.15) is 41.3 Å². The number of hydrogen-bond donors (Lipinski definition) is 2. The number of hydrogen-bond acceptors (Lipinski definition) is 4. The van der Waals surface area contributed by atoms with Gasteiger partial charge in [0.05, 0.1) is 0 Å². The molecule has 0 radical (unpaired) electrons. The molecule has 0 saturated carbocycles. The molecule has 1 aromatic carbocycles. The molecule has 2 N–H and O–H groups in total. The molecule has 0 aliphatic heterocycles. The van der Waals surface area contributed by atoms with Crippen molar-refractivity contribution in [3.05, 3.63) is 53.0 Å². The zero-order valence-corrected chi connectivity index (χ0v) is 14.2. The number of nitrogens with one attached hydrogen (secondary N) is 2. The molecular formula is C18H24N4O. The number of rotatable bonds is 6. The number of aryl methyl sites for hydroxylation is 2. The van der Waals surface area contributed by atoms with E-state index in [1.54, 1.807) is 13.0 Å².